The molecule has 0 fully saturated rings. The topological polar surface area (TPSA) is 41.1 Å². The molecular weight excluding hydrogens is 304 g/mol. The first-order chi connectivity index (χ1) is 10.1. The summed E-state index contributed by atoms with van der Waals surface area (Å²) in [6.45, 7) is 0. The minimum Gasteiger partial charge on any atom is -0.332 e. The lowest BCUT2D eigenvalue weighted by Gasteiger charge is -2.09. The number of hydrogen-bond acceptors (Lipinski definition) is 2. The molecule has 0 spiro atoms. The van der Waals surface area contributed by atoms with Crippen LogP contribution in [0.1, 0.15) is 12.0 Å². The van der Waals surface area contributed by atoms with Crippen molar-refractivity contribution in [3.8, 4) is 0 Å². The molecule has 0 saturated carbocycles. The fraction of sp³-hybridized carbons (Fsp3) is 0.125. The molecule has 0 aliphatic carbocycles. The van der Waals surface area contributed by atoms with Gasteiger partial charge in [0, 0.05) is 17.1 Å². The van der Waals surface area contributed by atoms with Crippen LogP contribution < -0.4 is 10.6 Å². The third-order valence-electron chi connectivity index (χ3n) is 2.86. The van der Waals surface area contributed by atoms with E-state index in [0.29, 0.717) is 23.0 Å². The van der Waals surface area contributed by atoms with Crippen molar-refractivity contribution >= 4 is 40.5 Å². The van der Waals surface area contributed by atoms with E-state index < -0.39 is 0 Å². The van der Waals surface area contributed by atoms with Gasteiger partial charge in [0.15, 0.2) is 5.11 Å². The third kappa shape index (κ3) is 5.17. The largest absolute Gasteiger partial charge is 0.332 e. The highest BCUT2D eigenvalue weighted by molar-refractivity contribution is 7.80. The van der Waals surface area contributed by atoms with Gasteiger partial charge in [0.2, 0.25) is 5.91 Å². The zero-order valence-electron chi connectivity index (χ0n) is 11.3. The van der Waals surface area contributed by atoms with Crippen LogP contribution in [0.2, 0.25) is 5.02 Å². The van der Waals surface area contributed by atoms with Gasteiger partial charge in [-0.1, -0.05) is 48.0 Å². The van der Waals surface area contributed by atoms with E-state index in [9.17, 15) is 4.79 Å². The minimum absolute atomic E-state index is 0.136. The van der Waals surface area contributed by atoms with Crippen molar-refractivity contribution in [3.63, 3.8) is 0 Å². The predicted molar refractivity (Wildman–Crippen MR) is 90.6 cm³/mol. The molecule has 2 rings (SSSR count). The summed E-state index contributed by atoms with van der Waals surface area (Å²) < 4.78 is 0. The lowest BCUT2D eigenvalue weighted by molar-refractivity contribution is -0.119. The summed E-state index contributed by atoms with van der Waals surface area (Å²) in [6.07, 6.45) is 0.916. The number of rotatable bonds is 4. The first-order valence-corrected chi connectivity index (χ1v) is 7.33. The smallest absolute Gasteiger partial charge is 0.226 e. The highest BCUT2D eigenvalue weighted by atomic mass is 35.5. The molecule has 0 radical (unpaired) electrons. The molecule has 5 heteroatoms. The third-order valence-corrected chi connectivity index (χ3v) is 3.44. The second-order valence-electron chi connectivity index (χ2n) is 4.46. The maximum atomic E-state index is 11.8. The van der Waals surface area contributed by atoms with Crippen LogP contribution >= 0.6 is 23.8 Å². The fourth-order valence-electron chi connectivity index (χ4n) is 1.82. The van der Waals surface area contributed by atoms with Crippen LogP contribution in [-0.2, 0) is 11.2 Å². The van der Waals surface area contributed by atoms with Gasteiger partial charge >= 0.3 is 0 Å². The highest BCUT2D eigenvalue weighted by Gasteiger charge is 2.07. The van der Waals surface area contributed by atoms with Crippen molar-refractivity contribution < 1.29 is 4.79 Å². The second kappa shape index (κ2) is 7.76. The Balaban J connectivity index is 1.79. The Labute approximate surface area is 134 Å². The van der Waals surface area contributed by atoms with Gasteiger partial charge in [0.05, 0.1) is 0 Å². The van der Waals surface area contributed by atoms with Crippen molar-refractivity contribution in [1.82, 2.24) is 5.32 Å². The van der Waals surface area contributed by atoms with E-state index in [4.69, 9.17) is 23.8 Å². The molecular formula is C16H15ClN2OS. The lowest BCUT2D eigenvalue weighted by atomic mass is 10.1. The normalized spacial score (nSPS) is 9.95. The summed E-state index contributed by atoms with van der Waals surface area (Å²) in [7, 11) is 0. The van der Waals surface area contributed by atoms with Gasteiger partial charge in [-0.3, -0.25) is 4.79 Å². The van der Waals surface area contributed by atoms with E-state index in [1.165, 1.54) is 0 Å². The van der Waals surface area contributed by atoms with E-state index in [2.05, 4.69) is 10.6 Å². The molecule has 3 nitrogen and oxygen atoms in total. The first kappa shape index (κ1) is 15.5. The van der Waals surface area contributed by atoms with Crippen LogP contribution in [0.3, 0.4) is 0 Å². The Morgan fingerprint density at radius 1 is 1.05 bits per heavy atom. The molecule has 0 aromatic heterocycles. The number of amides is 1. The average Bonchev–Trinajstić information content (AvgIpc) is 2.47. The standard InChI is InChI=1S/C16H15ClN2OS/c17-14-9-5-4-6-12(14)10-11-15(20)19-16(21)18-13-7-2-1-3-8-13/h1-9H,10-11H2,(H2,18,19,20,21). The average molecular weight is 319 g/mol. The summed E-state index contributed by atoms with van der Waals surface area (Å²) >= 11 is 11.2. The van der Waals surface area contributed by atoms with Crippen LogP contribution in [0.4, 0.5) is 5.69 Å². The number of anilines is 1. The molecule has 2 N–H and O–H groups in total. The minimum atomic E-state index is -0.136. The fourth-order valence-corrected chi connectivity index (χ4v) is 2.28. The van der Waals surface area contributed by atoms with Crippen LogP contribution in [0.5, 0.6) is 0 Å². The quantitative estimate of drug-likeness (QED) is 0.843. The van der Waals surface area contributed by atoms with Crippen molar-refractivity contribution in [2.45, 2.75) is 12.8 Å². The van der Waals surface area contributed by atoms with Gasteiger partial charge in [-0.2, -0.15) is 0 Å². The van der Waals surface area contributed by atoms with Gasteiger partial charge in [-0.05, 0) is 42.4 Å². The predicted octanol–water partition coefficient (Wildman–Crippen LogP) is 3.79. The Kier molecular flexibility index (Phi) is 5.72. The van der Waals surface area contributed by atoms with E-state index in [0.717, 1.165) is 11.3 Å². The Morgan fingerprint density at radius 2 is 1.71 bits per heavy atom. The number of halogens is 1. The molecule has 2 aromatic carbocycles. The molecule has 21 heavy (non-hydrogen) atoms. The summed E-state index contributed by atoms with van der Waals surface area (Å²) in [5.74, 6) is -0.136. The Morgan fingerprint density at radius 3 is 2.43 bits per heavy atom. The molecule has 0 saturated heterocycles. The van der Waals surface area contributed by atoms with Crippen molar-refractivity contribution in [2.75, 3.05) is 5.32 Å². The van der Waals surface area contributed by atoms with Crippen LogP contribution in [0, 0.1) is 0 Å². The molecule has 0 unspecified atom stereocenters. The molecule has 0 atom stereocenters. The van der Waals surface area contributed by atoms with Gasteiger partial charge in [-0.25, -0.2) is 0 Å². The molecule has 0 aliphatic heterocycles. The zero-order valence-corrected chi connectivity index (χ0v) is 12.9. The lowest BCUT2D eigenvalue weighted by Crippen LogP contribution is -2.34. The Bertz CT molecular complexity index is 631. The number of thiocarbonyl (C=S) groups is 1. The number of aryl methyl sites for hydroxylation is 1. The van der Waals surface area contributed by atoms with E-state index >= 15 is 0 Å². The van der Waals surface area contributed by atoms with E-state index in [1.807, 2.05) is 54.6 Å². The number of benzene rings is 2. The molecule has 0 bridgehead atoms. The Hall–Kier alpha value is -1.91. The maximum absolute atomic E-state index is 11.8. The molecule has 0 aliphatic rings. The summed E-state index contributed by atoms with van der Waals surface area (Å²) in [6, 6.07) is 17.0. The van der Waals surface area contributed by atoms with Crippen LogP contribution in [0.25, 0.3) is 0 Å². The van der Waals surface area contributed by atoms with Crippen molar-refractivity contribution in [3.05, 3.63) is 65.2 Å². The zero-order chi connectivity index (χ0) is 15.1. The number of nitrogens with one attached hydrogen (secondary N) is 2. The summed E-state index contributed by atoms with van der Waals surface area (Å²) in [5.41, 5.74) is 1.80. The summed E-state index contributed by atoms with van der Waals surface area (Å²) in [4.78, 5) is 11.8. The molecule has 1 amide bonds. The molecule has 0 heterocycles. The van der Waals surface area contributed by atoms with Crippen molar-refractivity contribution in [2.24, 2.45) is 0 Å². The number of hydrogen-bond donors (Lipinski definition) is 2. The number of para-hydroxylation sites is 1. The van der Waals surface area contributed by atoms with E-state index in [1.54, 1.807) is 0 Å². The maximum Gasteiger partial charge on any atom is 0.226 e. The van der Waals surface area contributed by atoms with E-state index in [-0.39, 0.29) is 5.91 Å². The van der Waals surface area contributed by atoms with Gasteiger partial charge in [0.25, 0.3) is 0 Å². The number of carbonyl (C=O) groups excluding carboxylic acids is 1. The van der Waals surface area contributed by atoms with Crippen LogP contribution in [0.15, 0.2) is 54.6 Å². The van der Waals surface area contributed by atoms with Crippen LogP contribution in [-0.4, -0.2) is 11.0 Å². The number of carbonyl (C=O) groups is 1. The first-order valence-electron chi connectivity index (χ1n) is 6.54. The van der Waals surface area contributed by atoms with Gasteiger partial charge in [-0.15, -0.1) is 0 Å². The second-order valence-corrected chi connectivity index (χ2v) is 5.28. The van der Waals surface area contributed by atoms with Gasteiger partial charge in [0.1, 0.15) is 0 Å². The summed E-state index contributed by atoms with van der Waals surface area (Å²) in [5, 5.41) is 6.59. The monoisotopic (exact) mass is 318 g/mol. The van der Waals surface area contributed by atoms with Crippen molar-refractivity contribution in [1.29, 1.82) is 0 Å². The SMILES string of the molecule is O=C(CCc1ccccc1Cl)NC(=S)Nc1ccccc1. The van der Waals surface area contributed by atoms with Gasteiger partial charge < -0.3 is 10.6 Å². The molecule has 2 aromatic rings. The highest BCUT2D eigenvalue weighted by Crippen LogP contribution is 2.16. The molecule has 108 valence electrons.